The van der Waals surface area contributed by atoms with E-state index >= 15 is 0 Å². The minimum absolute atomic E-state index is 0.0230. The monoisotopic (exact) mass is 369 g/mol. The molecule has 0 saturated carbocycles. The third-order valence-corrected chi connectivity index (χ3v) is 3.77. The number of aromatic nitrogens is 3. The summed E-state index contributed by atoms with van der Waals surface area (Å²) in [4.78, 5) is 22.4. The number of H-pyrrole nitrogens is 1. The largest absolute Gasteiger partial charge is 0.493 e. The summed E-state index contributed by atoms with van der Waals surface area (Å²) in [6, 6.07) is 7.81. The summed E-state index contributed by atoms with van der Waals surface area (Å²) in [7, 11) is 0. The van der Waals surface area contributed by atoms with Gasteiger partial charge in [-0.1, -0.05) is 23.4 Å². The van der Waals surface area contributed by atoms with Gasteiger partial charge in [0.15, 0.2) is 5.82 Å². The number of hydrogen-bond acceptors (Lipinski definition) is 7. The highest BCUT2D eigenvalue weighted by molar-refractivity contribution is 6.10. The maximum absolute atomic E-state index is 13.8. The Bertz CT molecular complexity index is 1070. The van der Waals surface area contributed by atoms with Crippen LogP contribution >= 0.6 is 0 Å². The van der Waals surface area contributed by atoms with E-state index in [0.717, 1.165) is 0 Å². The third kappa shape index (κ3) is 4.09. The summed E-state index contributed by atoms with van der Waals surface area (Å²) in [5.74, 6) is -0.825. The maximum atomic E-state index is 13.8. The Hall–Kier alpha value is -3.75. The SMILES string of the molecule is Cc1c(O)nc(C(N)=CC(=NCc2ccccc2F)c2ccon2)[nH]c1=O. The first kappa shape index (κ1) is 18.1. The molecule has 0 aliphatic carbocycles. The molecule has 0 spiro atoms. The fourth-order valence-corrected chi connectivity index (χ4v) is 2.22. The molecular weight excluding hydrogens is 353 g/mol. The lowest BCUT2D eigenvalue weighted by Gasteiger charge is -2.05. The quantitative estimate of drug-likeness (QED) is 0.589. The minimum Gasteiger partial charge on any atom is -0.493 e. The van der Waals surface area contributed by atoms with Crippen molar-refractivity contribution in [2.45, 2.75) is 13.5 Å². The van der Waals surface area contributed by atoms with E-state index in [1.54, 1.807) is 24.3 Å². The van der Waals surface area contributed by atoms with Crippen LogP contribution in [0.4, 0.5) is 4.39 Å². The van der Waals surface area contributed by atoms with Crippen molar-refractivity contribution in [3.8, 4) is 5.88 Å². The molecule has 0 unspecified atom stereocenters. The van der Waals surface area contributed by atoms with Crippen LogP contribution in [-0.2, 0) is 6.54 Å². The normalized spacial score (nSPS) is 12.4. The number of rotatable bonds is 5. The Labute approximate surface area is 152 Å². The molecule has 0 aliphatic heterocycles. The van der Waals surface area contributed by atoms with E-state index in [0.29, 0.717) is 17.0 Å². The molecule has 9 heteroatoms. The Morgan fingerprint density at radius 2 is 2.19 bits per heavy atom. The Morgan fingerprint density at radius 3 is 2.85 bits per heavy atom. The Balaban J connectivity index is 1.99. The number of hydrogen-bond donors (Lipinski definition) is 3. The fourth-order valence-electron chi connectivity index (χ4n) is 2.22. The number of aromatic amines is 1. The molecule has 27 heavy (non-hydrogen) atoms. The van der Waals surface area contributed by atoms with Gasteiger partial charge in [0.2, 0.25) is 5.88 Å². The van der Waals surface area contributed by atoms with E-state index < -0.39 is 11.4 Å². The number of nitrogens with one attached hydrogen (secondary N) is 1. The van der Waals surface area contributed by atoms with Crippen LogP contribution in [0.5, 0.6) is 5.88 Å². The lowest BCUT2D eigenvalue weighted by atomic mass is 10.2. The van der Waals surface area contributed by atoms with E-state index in [-0.39, 0.29) is 29.4 Å². The van der Waals surface area contributed by atoms with Crippen molar-refractivity contribution >= 4 is 11.4 Å². The second-order valence-corrected chi connectivity index (χ2v) is 5.64. The van der Waals surface area contributed by atoms with Gasteiger partial charge in [0, 0.05) is 11.6 Å². The van der Waals surface area contributed by atoms with Crippen LogP contribution in [0.2, 0.25) is 0 Å². The molecule has 8 nitrogen and oxygen atoms in total. The van der Waals surface area contributed by atoms with Gasteiger partial charge in [-0.3, -0.25) is 9.79 Å². The zero-order valence-electron chi connectivity index (χ0n) is 14.3. The zero-order valence-corrected chi connectivity index (χ0v) is 14.3. The lowest BCUT2D eigenvalue weighted by molar-refractivity contribution is 0.418. The third-order valence-electron chi connectivity index (χ3n) is 3.77. The number of aliphatic imine (C=N–C) groups is 1. The van der Waals surface area contributed by atoms with Gasteiger partial charge in [-0.25, -0.2) is 4.39 Å². The highest BCUT2D eigenvalue weighted by Gasteiger charge is 2.11. The van der Waals surface area contributed by atoms with Crippen molar-refractivity contribution < 1.29 is 14.0 Å². The first-order chi connectivity index (χ1) is 13.0. The Morgan fingerprint density at radius 1 is 1.41 bits per heavy atom. The number of allylic oxidation sites excluding steroid dienone is 1. The molecule has 0 fully saturated rings. The van der Waals surface area contributed by atoms with E-state index in [4.69, 9.17) is 10.3 Å². The molecule has 0 saturated heterocycles. The van der Waals surface area contributed by atoms with Crippen molar-refractivity contribution in [1.29, 1.82) is 0 Å². The standard InChI is InChI=1S/C18H16FN5O3/c1-10-17(25)22-16(23-18(10)26)13(20)8-15(14-6-7-27-24-14)21-9-11-4-2-3-5-12(11)19/h2-8H,9,20H2,1H3,(H2,22,23,25,26). The maximum Gasteiger partial charge on any atom is 0.257 e. The van der Waals surface area contributed by atoms with Crippen molar-refractivity contribution in [2.75, 3.05) is 0 Å². The summed E-state index contributed by atoms with van der Waals surface area (Å²) in [6.45, 7) is 1.48. The fraction of sp³-hybridized carbons (Fsp3) is 0.111. The van der Waals surface area contributed by atoms with Crippen LogP contribution in [0.1, 0.15) is 22.6 Å². The molecule has 0 aliphatic rings. The van der Waals surface area contributed by atoms with Crippen molar-refractivity contribution in [3.05, 3.63) is 81.5 Å². The number of nitrogens with zero attached hydrogens (tertiary/aromatic N) is 3. The van der Waals surface area contributed by atoms with Crippen LogP contribution in [0.25, 0.3) is 5.70 Å². The Kier molecular flexibility index (Phi) is 5.11. The average Bonchev–Trinajstić information content (AvgIpc) is 3.18. The first-order valence-electron chi connectivity index (χ1n) is 7.91. The molecule has 138 valence electrons. The van der Waals surface area contributed by atoms with E-state index in [1.165, 1.54) is 25.3 Å². The zero-order chi connectivity index (χ0) is 19.4. The van der Waals surface area contributed by atoms with E-state index in [9.17, 15) is 14.3 Å². The van der Waals surface area contributed by atoms with Crippen molar-refractivity contribution in [1.82, 2.24) is 15.1 Å². The second-order valence-electron chi connectivity index (χ2n) is 5.64. The van der Waals surface area contributed by atoms with Gasteiger partial charge in [0.25, 0.3) is 5.56 Å². The van der Waals surface area contributed by atoms with Gasteiger partial charge >= 0.3 is 0 Å². The van der Waals surface area contributed by atoms with Gasteiger partial charge in [-0.15, -0.1) is 0 Å². The molecule has 0 amide bonds. The summed E-state index contributed by atoms with van der Waals surface area (Å²) >= 11 is 0. The number of aromatic hydroxyl groups is 1. The molecular formula is C18H16FN5O3. The van der Waals surface area contributed by atoms with Gasteiger partial charge in [0.05, 0.1) is 23.5 Å². The highest BCUT2D eigenvalue weighted by atomic mass is 19.1. The van der Waals surface area contributed by atoms with Crippen LogP contribution in [0.15, 0.2) is 57.0 Å². The predicted octanol–water partition coefficient (Wildman–Crippen LogP) is 1.90. The second kappa shape index (κ2) is 7.65. The van der Waals surface area contributed by atoms with Gasteiger partial charge in [-0.05, 0) is 19.1 Å². The van der Waals surface area contributed by atoms with Crippen LogP contribution in [0.3, 0.4) is 0 Å². The first-order valence-corrected chi connectivity index (χ1v) is 7.91. The number of nitrogens with two attached hydrogens (primary N) is 1. The van der Waals surface area contributed by atoms with Crippen LogP contribution in [0, 0.1) is 12.7 Å². The van der Waals surface area contributed by atoms with Gasteiger partial charge < -0.3 is 20.3 Å². The topological polar surface area (TPSA) is 130 Å². The van der Waals surface area contributed by atoms with E-state index in [2.05, 4.69) is 20.1 Å². The highest BCUT2D eigenvalue weighted by Crippen LogP contribution is 2.13. The molecule has 3 rings (SSSR count). The number of halogens is 1. The summed E-state index contributed by atoms with van der Waals surface area (Å²) in [6.07, 6.45) is 2.77. The molecule has 2 aromatic heterocycles. The van der Waals surface area contributed by atoms with Crippen LogP contribution < -0.4 is 11.3 Å². The van der Waals surface area contributed by atoms with Crippen molar-refractivity contribution in [3.63, 3.8) is 0 Å². The molecule has 2 heterocycles. The molecule has 4 N–H and O–H groups in total. The minimum atomic E-state index is -0.514. The summed E-state index contributed by atoms with van der Waals surface area (Å²) in [5.41, 5.74) is 6.66. The summed E-state index contributed by atoms with van der Waals surface area (Å²) in [5, 5.41) is 13.5. The molecule has 1 aromatic carbocycles. The molecule has 0 radical (unpaired) electrons. The molecule has 0 bridgehead atoms. The van der Waals surface area contributed by atoms with Gasteiger partial charge in [-0.2, -0.15) is 4.98 Å². The molecule has 3 aromatic rings. The van der Waals surface area contributed by atoms with Gasteiger partial charge in [0.1, 0.15) is 17.8 Å². The van der Waals surface area contributed by atoms with Crippen LogP contribution in [-0.4, -0.2) is 25.9 Å². The summed E-state index contributed by atoms with van der Waals surface area (Å²) < 4.78 is 18.6. The smallest absolute Gasteiger partial charge is 0.257 e. The number of benzene rings is 1. The van der Waals surface area contributed by atoms with Crippen molar-refractivity contribution in [2.24, 2.45) is 10.7 Å². The average molecular weight is 369 g/mol. The van der Waals surface area contributed by atoms with E-state index in [1.807, 2.05) is 0 Å². The molecule has 0 atom stereocenters. The predicted molar refractivity (Wildman–Crippen MR) is 96.6 cm³/mol. The lowest BCUT2D eigenvalue weighted by Crippen LogP contribution is -2.16.